The van der Waals surface area contributed by atoms with Gasteiger partial charge >= 0.3 is 5.97 Å². The minimum Gasteiger partial charge on any atom is -0.492 e. The smallest absolute Gasteiger partial charge is 0.341 e. The summed E-state index contributed by atoms with van der Waals surface area (Å²) in [6, 6.07) is 0.0937. The number of ether oxygens (including phenoxy) is 1. The number of piperidine rings is 2. The van der Waals surface area contributed by atoms with Gasteiger partial charge in [-0.1, -0.05) is 0 Å². The van der Waals surface area contributed by atoms with Gasteiger partial charge in [-0.2, -0.15) is 0 Å². The summed E-state index contributed by atoms with van der Waals surface area (Å²) < 4.78 is 23.3. The Kier molecular flexibility index (Phi) is 4.16. The molecule has 8 heteroatoms. The third-order valence-corrected chi connectivity index (χ3v) is 7.13. The van der Waals surface area contributed by atoms with E-state index < -0.39 is 17.2 Å². The maximum Gasteiger partial charge on any atom is 0.341 e. The lowest BCUT2D eigenvalue weighted by molar-refractivity contribution is 0.0694. The lowest BCUT2D eigenvalue weighted by Gasteiger charge is -2.57. The van der Waals surface area contributed by atoms with Crippen LogP contribution in [0, 0.1) is 18.7 Å². The number of hydrogen-bond acceptors (Lipinski definition) is 5. The number of rotatable bonds is 5. The molecule has 2 saturated heterocycles. The number of aromatic carboxylic acids is 1. The summed E-state index contributed by atoms with van der Waals surface area (Å²) in [5.74, 6) is -0.993. The molecule has 3 heterocycles. The molecule has 0 amide bonds. The molecule has 2 aliphatic heterocycles. The van der Waals surface area contributed by atoms with Crippen molar-refractivity contribution in [3.05, 3.63) is 33.4 Å². The molecule has 2 saturated carbocycles. The molecule has 1 aromatic heterocycles. The van der Waals surface area contributed by atoms with Gasteiger partial charge in [-0.05, 0) is 45.6 Å². The molecule has 4 aliphatic rings. The van der Waals surface area contributed by atoms with Gasteiger partial charge in [0, 0.05) is 36.4 Å². The zero-order valence-corrected chi connectivity index (χ0v) is 17.4. The topological polar surface area (TPSA) is 83.8 Å². The van der Waals surface area contributed by atoms with E-state index in [0.29, 0.717) is 29.4 Å². The Bertz CT molecular complexity index is 1130. The minimum absolute atomic E-state index is 0.0213. The molecule has 2 aliphatic carbocycles. The van der Waals surface area contributed by atoms with Crippen molar-refractivity contribution in [2.24, 2.45) is 5.92 Å². The highest BCUT2D eigenvalue weighted by atomic mass is 19.1. The second kappa shape index (κ2) is 6.44. The van der Waals surface area contributed by atoms with Crippen molar-refractivity contribution in [3.63, 3.8) is 0 Å². The highest BCUT2D eigenvalue weighted by Crippen LogP contribution is 2.49. The van der Waals surface area contributed by atoms with Crippen LogP contribution in [-0.4, -0.2) is 48.4 Å². The molecule has 7 nitrogen and oxygen atoms in total. The minimum atomic E-state index is -1.30. The Morgan fingerprint density at radius 2 is 2.07 bits per heavy atom. The number of carbonyl (C=O) groups is 1. The van der Waals surface area contributed by atoms with Crippen LogP contribution in [0.2, 0.25) is 0 Å². The van der Waals surface area contributed by atoms with Gasteiger partial charge in [0.1, 0.15) is 11.3 Å². The summed E-state index contributed by atoms with van der Waals surface area (Å²) in [5, 5.41) is 13.0. The van der Waals surface area contributed by atoms with Crippen LogP contribution in [0.3, 0.4) is 0 Å². The van der Waals surface area contributed by atoms with E-state index in [4.69, 9.17) is 4.74 Å². The maximum atomic E-state index is 15.8. The average molecular weight is 415 g/mol. The van der Waals surface area contributed by atoms with Gasteiger partial charge in [0.15, 0.2) is 11.6 Å². The first-order valence-corrected chi connectivity index (χ1v) is 10.4. The van der Waals surface area contributed by atoms with Crippen LogP contribution >= 0.6 is 0 Å². The molecular weight excluding hydrogens is 389 g/mol. The van der Waals surface area contributed by atoms with Crippen LogP contribution in [0.4, 0.5) is 10.1 Å². The van der Waals surface area contributed by atoms with Crippen molar-refractivity contribution in [2.75, 3.05) is 32.1 Å². The molecular formula is C22H26FN3O4. The predicted molar refractivity (Wildman–Crippen MR) is 111 cm³/mol. The van der Waals surface area contributed by atoms with Gasteiger partial charge in [-0.25, -0.2) is 9.18 Å². The van der Waals surface area contributed by atoms with E-state index in [-0.39, 0.29) is 28.1 Å². The zero-order chi connectivity index (χ0) is 21.4. The van der Waals surface area contributed by atoms with Gasteiger partial charge in [-0.15, -0.1) is 0 Å². The third kappa shape index (κ3) is 2.59. The van der Waals surface area contributed by atoms with E-state index in [0.717, 1.165) is 32.2 Å². The molecule has 160 valence electrons. The first kappa shape index (κ1) is 19.4. The van der Waals surface area contributed by atoms with Gasteiger partial charge in [-0.3, -0.25) is 4.79 Å². The molecule has 4 fully saturated rings. The van der Waals surface area contributed by atoms with Crippen LogP contribution in [0.25, 0.3) is 10.9 Å². The first-order valence-electron chi connectivity index (χ1n) is 10.4. The Hall–Kier alpha value is -2.61. The Labute approximate surface area is 173 Å². The molecule has 0 radical (unpaired) electrons. The second-order valence-electron chi connectivity index (χ2n) is 9.05. The van der Waals surface area contributed by atoms with Gasteiger partial charge in [0.25, 0.3) is 0 Å². The average Bonchev–Trinajstić information content (AvgIpc) is 3.54. The summed E-state index contributed by atoms with van der Waals surface area (Å²) in [5.41, 5.74) is 0.0435. The van der Waals surface area contributed by atoms with Crippen LogP contribution in [0.1, 0.15) is 47.6 Å². The fraction of sp³-hybridized carbons (Fsp3) is 0.545. The van der Waals surface area contributed by atoms with Crippen molar-refractivity contribution < 1.29 is 19.0 Å². The molecule has 30 heavy (non-hydrogen) atoms. The van der Waals surface area contributed by atoms with Crippen molar-refractivity contribution in [1.29, 1.82) is 0 Å². The highest BCUT2D eigenvalue weighted by molar-refractivity contribution is 5.99. The Morgan fingerprint density at radius 3 is 2.63 bits per heavy atom. The number of carboxylic acid groups (broad SMARTS) is 1. The number of benzene rings is 1. The number of nitrogens with zero attached hydrogens (tertiary/aromatic N) is 2. The molecule has 2 bridgehead atoms. The highest BCUT2D eigenvalue weighted by Gasteiger charge is 2.50. The monoisotopic (exact) mass is 415 g/mol. The van der Waals surface area contributed by atoms with Crippen molar-refractivity contribution in [1.82, 2.24) is 9.88 Å². The van der Waals surface area contributed by atoms with E-state index in [1.165, 1.54) is 13.3 Å². The van der Waals surface area contributed by atoms with Crippen LogP contribution in [-0.2, 0) is 0 Å². The molecule has 0 unspecified atom stereocenters. The zero-order valence-electron chi connectivity index (χ0n) is 17.4. The van der Waals surface area contributed by atoms with Crippen LogP contribution < -0.4 is 20.4 Å². The number of likely N-dealkylation sites (N-methyl/N-ethyl adjacent to an activating group) is 1. The number of pyridine rings is 1. The van der Waals surface area contributed by atoms with Crippen molar-refractivity contribution in [3.8, 4) is 5.75 Å². The number of anilines is 1. The number of aromatic nitrogens is 1. The first-order chi connectivity index (χ1) is 14.3. The fourth-order valence-corrected chi connectivity index (χ4v) is 5.48. The van der Waals surface area contributed by atoms with E-state index in [1.54, 1.807) is 6.92 Å². The number of fused-ring (bicyclic) bond motifs is 3. The normalized spacial score (nSPS) is 25.3. The van der Waals surface area contributed by atoms with E-state index in [2.05, 4.69) is 5.32 Å². The lowest BCUT2D eigenvalue weighted by Crippen LogP contribution is -2.67. The molecule has 0 spiro atoms. The van der Waals surface area contributed by atoms with Crippen LogP contribution in [0.5, 0.6) is 5.75 Å². The standard InChI is InChI=1S/C22H26FN3O4/c1-11-15-17(26(13-4-5-13)9-14(19(15)27)21(28)29)20(30-3)18(16(11)23)25-8-12-6-22(7-12,10-25)24-2/h9,12-13,24H,4-8,10H2,1-3H3,(H,28,29). The Balaban J connectivity index is 1.81. The number of aryl methyl sites for hydroxylation is 1. The lowest BCUT2D eigenvalue weighted by atomic mass is 9.64. The molecule has 0 atom stereocenters. The Morgan fingerprint density at radius 1 is 1.37 bits per heavy atom. The maximum absolute atomic E-state index is 15.8. The largest absolute Gasteiger partial charge is 0.492 e. The van der Waals surface area contributed by atoms with E-state index in [1.807, 2.05) is 16.5 Å². The second-order valence-corrected chi connectivity index (χ2v) is 9.05. The van der Waals surface area contributed by atoms with Gasteiger partial charge < -0.3 is 24.6 Å². The predicted octanol–water partition coefficient (Wildman–Crippen LogP) is 2.68. The number of halogens is 1. The summed E-state index contributed by atoms with van der Waals surface area (Å²) in [6.07, 6.45) is 5.33. The van der Waals surface area contributed by atoms with E-state index in [9.17, 15) is 14.7 Å². The van der Waals surface area contributed by atoms with E-state index >= 15 is 4.39 Å². The number of methoxy groups -OCH3 is 1. The number of hydrogen-bond donors (Lipinski definition) is 2. The summed E-state index contributed by atoms with van der Waals surface area (Å²) >= 11 is 0. The quantitative estimate of drug-likeness (QED) is 0.781. The summed E-state index contributed by atoms with van der Waals surface area (Å²) in [7, 11) is 3.43. The molecule has 1 aromatic carbocycles. The van der Waals surface area contributed by atoms with Gasteiger partial charge in [0.05, 0.1) is 18.0 Å². The molecule has 6 rings (SSSR count). The van der Waals surface area contributed by atoms with Gasteiger partial charge in [0.2, 0.25) is 5.43 Å². The summed E-state index contributed by atoms with van der Waals surface area (Å²) in [4.78, 5) is 26.7. The SMILES string of the molecule is CNC12CC(CN(c3c(F)c(C)c4c(=O)c(C(=O)O)cn(C5CC5)c4c3OC)C1)C2. The molecule has 2 N–H and O–H groups in total. The molecule has 2 aromatic rings. The number of nitrogens with one attached hydrogen (secondary N) is 1. The van der Waals surface area contributed by atoms with Crippen LogP contribution in [0.15, 0.2) is 11.0 Å². The third-order valence-electron chi connectivity index (χ3n) is 7.13. The van der Waals surface area contributed by atoms with Crippen molar-refractivity contribution >= 4 is 22.6 Å². The van der Waals surface area contributed by atoms with Crippen molar-refractivity contribution in [2.45, 2.75) is 44.2 Å². The number of carboxylic acids is 1. The fourth-order valence-electron chi connectivity index (χ4n) is 5.48. The summed E-state index contributed by atoms with van der Waals surface area (Å²) in [6.45, 7) is 2.96.